The molecule has 0 unspecified atom stereocenters. The molecule has 2 aliphatic rings. The first-order valence-electron chi connectivity index (χ1n) is 10.9. The lowest BCUT2D eigenvalue weighted by atomic mass is 9.89. The Morgan fingerprint density at radius 1 is 1.06 bits per heavy atom. The third-order valence-electron chi connectivity index (χ3n) is 6.71. The maximum absolute atomic E-state index is 13.3. The highest BCUT2D eigenvalue weighted by molar-refractivity contribution is 5.96. The van der Waals surface area contributed by atoms with Crippen LogP contribution in [-0.4, -0.2) is 55.8 Å². The number of carbonyl (C=O) groups is 2. The Kier molecular flexibility index (Phi) is 4.76. The Morgan fingerprint density at radius 2 is 1.84 bits per heavy atom. The van der Waals surface area contributed by atoms with Crippen molar-refractivity contribution in [1.82, 2.24) is 24.3 Å². The van der Waals surface area contributed by atoms with E-state index in [2.05, 4.69) is 35.9 Å². The lowest BCUT2D eigenvalue weighted by molar-refractivity contribution is -0.130. The topological polar surface area (TPSA) is 71.3 Å². The molecule has 0 spiro atoms. The average molecular weight is 418 g/mol. The standard InChI is InChI=1S/C24H27N5O2/c1-15(2)29-14-26-21-9-18(10-25-23(21)29)24(31)27-11-19-12-28(16(3)30)22(20(19)13-27)17-7-5-4-6-8-17/h4-10,14-15,19-20,22H,11-13H2,1-3H3/t19-,20-,22+/m1/s1. The number of imidazole rings is 1. The van der Waals surface area contributed by atoms with Gasteiger partial charge in [0.1, 0.15) is 5.52 Å². The van der Waals surface area contributed by atoms with Gasteiger partial charge in [-0.2, -0.15) is 0 Å². The minimum absolute atomic E-state index is 0.0101. The lowest BCUT2D eigenvalue weighted by Gasteiger charge is -2.29. The number of hydrogen-bond acceptors (Lipinski definition) is 4. The number of fused-ring (bicyclic) bond motifs is 2. The number of hydrogen-bond donors (Lipinski definition) is 0. The van der Waals surface area contributed by atoms with Gasteiger partial charge in [-0.05, 0) is 25.5 Å². The third-order valence-corrected chi connectivity index (χ3v) is 6.71. The zero-order chi connectivity index (χ0) is 21.7. The molecule has 31 heavy (non-hydrogen) atoms. The smallest absolute Gasteiger partial charge is 0.255 e. The monoisotopic (exact) mass is 417 g/mol. The summed E-state index contributed by atoms with van der Waals surface area (Å²) in [5.74, 6) is 0.614. The van der Waals surface area contributed by atoms with Gasteiger partial charge in [0.2, 0.25) is 5.91 Å². The van der Waals surface area contributed by atoms with Crippen LogP contribution in [0.5, 0.6) is 0 Å². The van der Waals surface area contributed by atoms with Gasteiger partial charge in [0.15, 0.2) is 5.65 Å². The average Bonchev–Trinajstić information content (AvgIpc) is 3.45. The van der Waals surface area contributed by atoms with Gasteiger partial charge < -0.3 is 14.4 Å². The summed E-state index contributed by atoms with van der Waals surface area (Å²) < 4.78 is 2.00. The van der Waals surface area contributed by atoms with Crippen LogP contribution in [0.2, 0.25) is 0 Å². The summed E-state index contributed by atoms with van der Waals surface area (Å²) in [6.45, 7) is 7.80. The number of nitrogens with zero attached hydrogens (tertiary/aromatic N) is 5. The maximum Gasteiger partial charge on any atom is 0.255 e. The van der Waals surface area contributed by atoms with Crippen molar-refractivity contribution in [1.29, 1.82) is 0 Å². The minimum atomic E-state index is -0.0101. The van der Waals surface area contributed by atoms with Crippen molar-refractivity contribution >= 4 is 23.0 Å². The summed E-state index contributed by atoms with van der Waals surface area (Å²) in [5.41, 5.74) is 3.25. The first-order chi connectivity index (χ1) is 14.9. The zero-order valence-corrected chi connectivity index (χ0v) is 18.1. The fourth-order valence-electron chi connectivity index (χ4n) is 5.21. The Bertz CT molecular complexity index is 1140. The summed E-state index contributed by atoms with van der Waals surface area (Å²) in [6, 6.07) is 12.3. The Labute approximate surface area is 181 Å². The van der Waals surface area contributed by atoms with Crippen LogP contribution < -0.4 is 0 Å². The zero-order valence-electron chi connectivity index (χ0n) is 18.1. The largest absolute Gasteiger partial charge is 0.338 e. The molecule has 0 saturated carbocycles. The molecule has 2 amide bonds. The van der Waals surface area contributed by atoms with E-state index in [4.69, 9.17) is 0 Å². The molecule has 2 saturated heterocycles. The minimum Gasteiger partial charge on any atom is -0.338 e. The Balaban J connectivity index is 1.39. The van der Waals surface area contributed by atoms with Crippen LogP contribution in [0, 0.1) is 11.8 Å². The predicted molar refractivity (Wildman–Crippen MR) is 117 cm³/mol. The van der Waals surface area contributed by atoms with Crippen LogP contribution >= 0.6 is 0 Å². The van der Waals surface area contributed by atoms with E-state index in [-0.39, 0.29) is 35.7 Å². The number of aromatic nitrogens is 3. The van der Waals surface area contributed by atoms with Crippen molar-refractivity contribution in [2.45, 2.75) is 32.9 Å². The number of likely N-dealkylation sites (tertiary alicyclic amines) is 2. The first-order valence-corrected chi connectivity index (χ1v) is 10.9. The van der Waals surface area contributed by atoms with Gasteiger partial charge in [0, 0.05) is 50.6 Å². The molecule has 2 fully saturated rings. The molecule has 7 nitrogen and oxygen atoms in total. The van der Waals surface area contributed by atoms with E-state index in [1.54, 1.807) is 19.4 Å². The molecule has 0 aliphatic carbocycles. The second kappa shape index (κ2) is 7.48. The van der Waals surface area contributed by atoms with Crippen molar-refractivity contribution < 1.29 is 9.59 Å². The summed E-state index contributed by atoms with van der Waals surface area (Å²) >= 11 is 0. The molecule has 4 heterocycles. The predicted octanol–water partition coefficient (Wildman–Crippen LogP) is 3.30. The molecule has 0 N–H and O–H groups in total. The van der Waals surface area contributed by atoms with Gasteiger partial charge >= 0.3 is 0 Å². The fourth-order valence-corrected chi connectivity index (χ4v) is 5.21. The number of benzene rings is 1. The molecule has 0 bridgehead atoms. The lowest BCUT2D eigenvalue weighted by Crippen LogP contribution is -2.36. The Hall–Kier alpha value is -3.22. The fraction of sp³-hybridized carbons (Fsp3) is 0.417. The molecule has 3 aromatic rings. The van der Waals surface area contributed by atoms with Gasteiger partial charge in [0.25, 0.3) is 5.91 Å². The van der Waals surface area contributed by atoms with Crippen molar-refractivity contribution in [2.24, 2.45) is 11.8 Å². The van der Waals surface area contributed by atoms with E-state index in [0.29, 0.717) is 25.2 Å². The first kappa shape index (κ1) is 19.7. The summed E-state index contributed by atoms with van der Waals surface area (Å²) in [5, 5.41) is 0. The van der Waals surface area contributed by atoms with Crippen LogP contribution in [0.4, 0.5) is 0 Å². The van der Waals surface area contributed by atoms with Gasteiger partial charge in [-0.3, -0.25) is 9.59 Å². The van der Waals surface area contributed by atoms with Crippen LogP contribution in [0.1, 0.15) is 48.8 Å². The number of carbonyl (C=O) groups excluding carboxylic acids is 2. The van der Waals surface area contributed by atoms with E-state index < -0.39 is 0 Å². The van der Waals surface area contributed by atoms with Gasteiger partial charge in [-0.15, -0.1) is 0 Å². The highest BCUT2D eigenvalue weighted by Crippen LogP contribution is 2.45. The SMILES string of the molecule is CC(=O)N1C[C@H]2CN(C(=O)c3cnc4c(c3)ncn4C(C)C)C[C@H]2[C@@H]1c1ccccc1. The van der Waals surface area contributed by atoms with E-state index in [1.807, 2.05) is 38.6 Å². The molecule has 7 heteroatoms. The van der Waals surface area contributed by atoms with Crippen LogP contribution in [0.25, 0.3) is 11.2 Å². The molecule has 2 aromatic heterocycles. The molecule has 5 rings (SSSR count). The molecule has 1 aromatic carbocycles. The van der Waals surface area contributed by atoms with Crippen LogP contribution in [-0.2, 0) is 4.79 Å². The molecule has 0 radical (unpaired) electrons. The highest BCUT2D eigenvalue weighted by atomic mass is 16.2. The summed E-state index contributed by atoms with van der Waals surface area (Å²) in [4.78, 5) is 38.4. The van der Waals surface area contributed by atoms with Gasteiger partial charge in [-0.25, -0.2) is 9.97 Å². The van der Waals surface area contributed by atoms with Crippen molar-refractivity contribution in [3.63, 3.8) is 0 Å². The van der Waals surface area contributed by atoms with E-state index in [9.17, 15) is 9.59 Å². The van der Waals surface area contributed by atoms with Gasteiger partial charge in [-0.1, -0.05) is 30.3 Å². The van der Waals surface area contributed by atoms with Crippen LogP contribution in [0.3, 0.4) is 0 Å². The van der Waals surface area contributed by atoms with Crippen LogP contribution in [0.15, 0.2) is 48.9 Å². The van der Waals surface area contributed by atoms with E-state index in [1.165, 1.54) is 0 Å². The maximum atomic E-state index is 13.3. The quantitative estimate of drug-likeness (QED) is 0.656. The molecule has 160 valence electrons. The highest BCUT2D eigenvalue weighted by Gasteiger charge is 2.49. The number of pyridine rings is 1. The summed E-state index contributed by atoms with van der Waals surface area (Å²) in [6.07, 6.45) is 3.44. The number of rotatable bonds is 3. The number of amides is 2. The second-order valence-electron chi connectivity index (χ2n) is 8.97. The van der Waals surface area contributed by atoms with Gasteiger partial charge in [0.05, 0.1) is 17.9 Å². The summed E-state index contributed by atoms with van der Waals surface area (Å²) in [7, 11) is 0. The van der Waals surface area contributed by atoms with Crippen molar-refractivity contribution in [2.75, 3.05) is 19.6 Å². The third kappa shape index (κ3) is 3.28. The second-order valence-corrected chi connectivity index (χ2v) is 8.97. The van der Waals surface area contributed by atoms with E-state index >= 15 is 0 Å². The Morgan fingerprint density at radius 3 is 2.55 bits per heavy atom. The molecule has 3 atom stereocenters. The molecular weight excluding hydrogens is 390 g/mol. The van der Waals surface area contributed by atoms with Crippen molar-refractivity contribution in [3.8, 4) is 0 Å². The molecule has 2 aliphatic heterocycles. The van der Waals surface area contributed by atoms with Crippen molar-refractivity contribution in [3.05, 3.63) is 60.0 Å². The molecular formula is C24H27N5O2. The van der Waals surface area contributed by atoms with E-state index in [0.717, 1.165) is 16.7 Å². The normalized spacial score (nSPS) is 23.0.